The van der Waals surface area contributed by atoms with Crippen LogP contribution in [0, 0.1) is 5.92 Å². The second-order valence-electron chi connectivity index (χ2n) is 4.33. The van der Waals surface area contributed by atoms with Gasteiger partial charge in [0.25, 0.3) is 0 Å². The molecule has 1 saturated heterocycles. The zero-order chi connectivity index (χ0) is 11.4. The van der Waals surface area contributed by atoms with Crippen molar-refractivity contribution in [2.24, 2.45) is 11.7 Å². The number of hydrogen-bond donors (Lipinski definition) is 4. The van der Waals surface area contributed by atoms with E-state index in [4.69, 9.17) is 15.9 Å². The van der Waals surface area contributed by atoms with E-state index < -0.39 is 12.0 Å². The molecule has 1 rings (SSSR count). The van der Waals surface area contributed by atoms with E-state index in [1.807, 2.05) is 6.92 Å². The summed E-state index contributed by atoms with van der Waals surface area (Å²) in [4.78, 5) is 10.8. The lowest BCUT2D eigenvalue weighted by Crippen LogP contribution is -2.56. The predicted octanol–water partition coefficient (Wildman–Crippen LogP) is -0.463. The molecule has 1 fully saturated rings. The number of carbonyl (C=O) groups is 1. The Hall–Kier alpha value is -0.650. The van der Waals surface area contributed by atoms with Gasteiger partial charge in [0.05, 0.1) is 0 Å². The fraction of sp³-hybridized carbons (Fsp3) is 0.900. The topological polar surface area (TPSA) is 95.6 Å². The van der Waals surface area contributed by atoms with E-state index in [-0.39, 0.29) is 24.6 Å². The van der Waals surface area contributed by atoms with Crippen molar-refractivity contribution in [1.82, 2.24) is 5.32 Å². The van der Waals surface area contributed by atoms with Crippen LogP contribution >= 0.6 is 0 Å². The predicted molar refractivity (Wildman–Crippen MR) is 56.4 cm³/mol. The van der Waals surface area contributed by atoms with Gasteiger partial charge in [0.15, 0.2) is 0 Å². The Labute approximate surface area is 89.7 Å². The Bertz CT molecular complexity index is 223. The summed E-state index contributed by atoms with van der Waals surface area (Å²) in [6.45, 7) is 1.91. The summed E-state index contributed by atoms with van der Waals surface area (Å²) in [5, 5.41) is 20.9. The van der Waals surface area contributed by atoms with Crippen LogP contribution in [-0.4, -0.2) is 40.9 Å². The molecule has 0 amide bonds. The number of nitrogens with two attached hydrogens (primary N) is 1. The molecule has 0 radical (unpaired) electrons. The van der Waals surface area contributed by atoms with Gasteiger partial charge < -0.3 is 21.3 Å². The van der Waals surface area contributed by atoms with E-state index in [1.54, 1.807) is 0 Å². The lowest BCUT2D eigenvalue weighted by molar-refractivity contribution is -0.140. The minimum atomic E-state index is -0.816. The normalized spacial score (nSPS) is 30.9. The standard InChI is InChI=1S/C10H20N2O3/c1-6(5-13)9(11)7-3-2-4-8(12-7)10(14)15/h6-9,12-13H,2-5,11H2,1H3,(H,14,15). The Balaban J connectivity index is 2.52. The van der Waals surface area contributed by atoms with Crippen molar-refractivity contribution in [2.45, 2.75) is 44.3 Å². The zero-order valence-electron chi connectivity index (χ0n) is 9.02. The highest BCUT2D eigenvalue weighted by Gasteiger charge is 2.31. The highest BCUT2D eigenvalue weighted by atomic mass is 16.4. The van der Waals surface area contributed by atoms with Gasteiger partial charge in [0, 0.05) is 18.7 Å². The largest absolute Gasteiger partial charge is 0.480 e. The van der Waals surface area contributed by atoms with Gasteiger partial charge in [-0.25, -0.2) is 0 Å². The summed E-state index contributed by atoms with van der Waals surface area (Å²) in [5.74, 6) is -0.821. The van der Waals surface area contributed by atoms with Gasteiger partial charge in [0.2, 0.25) is 0 Å². The maximum atomic E-state index is 10.8. The van der Waals surface area contributed by atoms with E-state index in [0.29, 0.717) is 6.42 Å². The second kappa shape index (κ2) is 5.44. The fourth-order valence-electron chi connectivity index (χ4n) is 1.98. The molecule has 0 aliphatic carbocycles. The average Bonchev–Trinajstić information content (AvgIpc) is 2.27. The molecule has 15 heavy (non-hydrogen) atoms. The summed E-state index contributed by atoms with van der Waals surface area (Å²) >= 11 is 0. The summed E-state index contributed by atoms with van der Waals surface area (Å²) in [6.07, 6.45) is 2.42. The number of piperidine rings is 1. The number of hydrogen-bond acceptors (Lipinski definition) is 4. The van der Waals surface area contributed by atoms with Gasteiger partial charge >= 0.3 is 5.97 Å². The summed E-state index contributed by atoms with van der Waals surface area (Å²) in [7, 11) is 0. The maximum absolute atomic E-state index is 10.8. The van der Waals surface area contributed by atoms with E-state index in [0.717, 1.165) is 12.8 Å². The van der Waals surface area contributed by atoms with Crippen LogP contribution in [0.4, 0.5) is 0 Å². The first-order valence-electron chi connectivity index (χ1n) is 5.41. The maximum Gasteiger partial charge on any atom is 0.320 e. The quantitative estimate of drug-likeness (QED) is 0.510. The monoisotopic (exact) mass is 216 g/mol. The lowest BCUT2D eigenvalue weighted by Gasteiger charge is -2.34. The molecule has 5 nitrogen and oxygen atoms in total. The Morgan fingerprint density at radius 3 is 2.80 bits per heavy atom. The van der Waals surface area contributed by atoms with Crippen LogP contribution in [0.2, 0.25) is 0 Å². The van der Waals surface area contributed by atoms with Crippen molar-refractivity contribution in [3.8, 4) is 0 Å². The second-order valence-corrected chi connectivity index (χ2v) is 4.33. The smallest absolute Gasteiger partial charge is 0.320 e. The van der Waals surface area contributed by atoms with Crippen molar-refractivity contribution in [3.05, 3.63) is 0 Å². The molecule has 1 aliphatic rings. The summed E-state index contributed by atoms with van der Waals surface area (Å²) in [5.41, 5.74) is 5.95. The van der Waals surface area contributed by atoms with Crippen LogP contribution in [0.1, 0.15) is 26.2 Å². The number of carboxylic acid groups (broad SMARTS) is 1. The van der Waals surface area contributed by atoms with Gasteiger partial charge in [0.1, 0.15) is 6.04 Å². The molecular formula is C10H20N2O3. The molecule has 1 aliphatic heterocycles. The van der Waals surface area contributed by atoms with Crippen LogP contribution in [0.3, 0.4) is 0 Å². The third-order valence-corrected chi connectivity index (χ3v) is 3.13. The number of aliphatic hydroxyl groups excluding tert-OH is 1. The highest BCUT2D eigenvalue weighted by molar-refractivity contribution is 5.73. The molecule has 0 bridgehead atoms. The molecule has 5 heteroatoms. The van der Waals surface area contributed by atoms with Crippen LogP contribution in [0.15, 0.2) is 0 Å². The van der Waals surface area contributed by atoms with Crippen molar-refractivity contribution in [2.75, 3.05) is 6.61 Å². The number of rotatable bonds is 4. The van der Waals surface area contributed by atoms with Crippen molar-refractivity contribution in [3.63, 3.8) is 0 Å². The third kappa shape index (κ3) is 3.15. The molecule has 1 heterocycles. The SMILES string of the molecule is CC(CO)C(N)C1CCCC(C(=O)O)N1. The van der Waals surface area contributed by atoms with Crippen LogP contribution in [0.25, 0.3) is 0 Å². The molecule has 88 valence electrons. The number of nitrogens with one attached hydrogen (secondary N) is 1. The zero-order valence-corrected chi connectivity index (χ0v) is 9.02. The van der Waals surface area contributed by atoms with Gasteiger partial charge in [-0.1, -0.05) is 6.92 Å². The first-order chi connectivity index (χ1) is 7.06. The Kier molecular flexibility index (Phi) is 4.50. The van der Waals surface area contributed by atoms with Gasteiger partial charge in [-0.2, -0.15) is 0 Å². The molecule has 0 spiro atoms. The van der Waals surface area contributed by atoms with Gasteiger partial charge in [-0.05, 0) is 25.2 Å². The molecule has 4 atom stereocenters. The number of carboxylic acids is 1. The number of aliphatic hydroxyl groups is 1. The van der Waals surface area contributed by atoms with Gasteiger partial charge in [-0.3, -0.25) is 4.79 Å². The minimum absolute atomic E-state index is 0.00185. The molecular weight excluding hydrogens is 196 g/mol. The highest BCUT2D eigenvalue weighted by Crippen LogP contribution is 2.18. The van der Waals surface area contributed by atoms with Crippen LogP contribution in [-0.2, 0) is 4.79 Å². The van der Waals surface area contributed by atoms with Crippen molar-refractivity contribution in [1.29, 1.82) is 0 Å². The van der Waals surface area contributed by atoms with Crippen LogP contribution < -0.4 is 11.1 Å². The molecule has 0 aromatic heterocycles. The molecule has 0 saturated carbocycles. The molecule has 5 N–H and O–H groups in total. The minimum Gasteiger partial charge on any atom is -0.480 e. The molecule has 4 unspecified atom stereocenters. The lowest BCUT2D eigenvalue weighted by atomic mass is 9.88. The van der Waals surface area contributed by atoms with Crippen LogP contribution in [0.5, 0.6) is 0 Å². The average molecular weight is 216 g/mol. The first kappa shape index (κ1) is 12.4. The Morgan fingerprint density at radius 1 is 1.60 bits per heavy atom. The number of aliphatic carboxylic acids is 1. The van der Waals surface area contributed by atoms with Crippen molar-refractivity contribution < 1.29 is 15.0 Å². The Morgan fingerprint density at radius 2 is 2.27 bits per heavy atom. The van der Waals surface area contributed by atoms with Crippen molar-refractivity contribution >= 4 is 5.97 Å². The molecule has 0 aromatic carbocycles. The van der Waals surface area contributed by atoms with E-state index >= 15 is 0 Å². The first-order valence-corrected chi connectivity index (χ1v) is 5.41. The van der Waals surface area contributed by atoms with E-state index in [2.05, 4.69) is 5.32 Å². The summed E-state index contributed by atoms with van der Waals surface area (Å²) in [6, 6.07) is -0.667. The molecule has 0 aromatic rings. The van der Waals surface area contributed by atoms with Gasteiger partial charge in [-0.15, -0.1) is 0 Å². The van der Waals surface area contributed by atoms with E-state index in [9.17, 15) is 4.79 Å². The third-order valence-electron chi connectivity index (χ3n) is 3.13. The fourth-order valence-corrected chi connectivity index (χ4v) is 1.98. The van der Waals surface area contributed by atoms with E-state index in [1.165, 1.54) is 0 Å². The summed E-state index contributed by atoms with van der Waals surface area (Å²) < 4.78 is 0.